The highest BCUT2D eigenvalue weighted by atomic mass is 79.9. The van der Waals surface area contributed by atoms with Gasteiger partial charge in [-0.1, -0.05) is 0 Å². The molecule has 0 aliphatic heterocycles. The second-order valence-corrected chi connectivity index (χ2v) is 4.79. The molecule has 3 N–H and O–H groups in total. The van der Waals surface area contributed by atoms with Crippen molar-refractivity contribution in [3.8, 4) is 17.2 Å². The number of hydrogen-bond donors (Lipinski definition) is 2. The fraction of sp³-hybridized carbons (Fsp3) is 0.231. The number of nitrogens with one attached hydrogen (secondary N) is 1. The summed E-state index contributed by atoms with van der Waals surface area (Å²) in [6.07, 6.45) is 0. The van der Waals surface area contributed by atoms with E-state index in [0.717, 1.165) is 0 Å². The Bertz CT molecular complexity index is 606. The zero-order valence-electron chi connectivity index (χ0n) is 11.8. The van der Waals surface area contributed by atoms with Gasteiger partial charge in [0.25, 0.3) is 0 Å². The number of nitrogens with zero attached hydrogens (tertiary/aromatic N) is 2. The third kappa shape index (κ3) is 3.46. The van der Waals surface area contributed by atoms with Gasteiger partial charge in [-0.25, -0.2) is 4.98 Å². The molecule has 0 bridgehead atoms. The molecule has 1 aromatic carbocycles. The van der Waals surface area contributed by atoms with Gasteiger partial charge in [-0.05, 0) is 15.9 Å². The second kappa shape index (κ2) is 6.49. The number of halogens is 1. The molecule has 21 heavy (non-hydrogen) atoms. The summed E-state index contributed by atoms with van der Waals surface area (Å²) in [4.78, 5) is 8.28. The zero-order valence-corrected chi connectivity index (χ0v) is 13.4. The summed E-state index contributed by atoms with van der Waals surface area (Å²) in [5.41, 5.74) is 6.36. The van der Waals surface area contributed by atoms with Crippen molar-refractivity contribution in [3.63, 3.8) is 0 Å². The molecule has 1 aromatic heterocycles. The number of benzene rings is 1. The SMILES string of the molecule is COc1cc(Nc2nc(N)cc(Br)n2)cc(OC)c1OC. The van der Waals surface area contributed by atoms with E-state index in [0.29, 0.717) is 39.3 Å². The Morgan fingerprint density at radius 2 is 1.62 bits per heavy atom. The molecule has 0 saturated carbocycles. The Morgan fingerprint density at radius 3 is 2.10 bits per heavy atom. The quantitative estimate of drug-likeness (QED) is 0.797. The molecule has 2 aromatic rings. The molecule has 0 atom stereocenters. The molecule has 7 nitrogen and oxygen atoms in total. The van der Waals surface area contributed by atoms with Crippen molar-refractivity contribution in [2.75, 3.05) is 32.4 Å². The highest BCUT2D eigenvalue weighted by molar-refractivity contribution is 9.10. The van der Waals surface area contributed by atoms with Gasteiger partial charge in [-0.15, -0.1) is 0 Å². The van der Waals surface area contributed by atoms with Crippen LogP contribution in [0.15, 0.2) is 22.8 Å². The molecule has 2 rings (SSSR count). The van der Waals surface area contributed by atoms with Crippen LogP contribution in [0.1, 0.15) is 0 Å². The van der Waals surface area contributed by atoms with Crippen molar-refractivity contribution >= 4 is 33.4 Å². The minimum Gasteiger partial charge on any atom is -0.493 e. The van der Waals surface area contributed by atoms with Crippen molar-refractivity contribution in [1.29, 1.82) is 0 Å². The number of methoxy groups -OCH3 is 3. The minimum atomic E-state index is 0.354. The van der Waals surface area contributed by atoms with E-state index in [9.17, 15) is 0 Å². The van der Waals surface area contributed by atoms with E-state index in [2.05, 4.69) is 31.2 Å². The number of nitrogen functional groups attached to an aromatic ring is 1. The van der Waals surface area contributed by atoms with Gasteiger partial charge < -0.3 is 25.3 Å². The van der Waals surface area contributed by atoms with Crippen molar-refractivity contribution in [1.82, 2.24) is 9.97 Å². The first-order valence-electron chi connectivity index (χ1n) is 5.94. The number of nitrogens with two attached hydrogens (primary N) is 1. The first-order chi connectivity index (χ1) is 10.1. The lowest BCUT2D eigenvalue weighted by atomic mass is 10.2. The summed E-state index contributed by atoms with van der Waals surface area (Å²) >= 11 is 3.26. The fourth-order valence-corrected chi connectivity index (χ4v) is 2.18. The summed E-state index contributed by atoms with van der Waals surface area (Å²) in [6, 6.07) is 5.12. The van der Waals surface area contributed by atoms with Gasteiger partial charge in [-0.3, -0.25) is 0 Å². The summed E-state index contributed by atoms with van der Waals surface area (Å²) < 4.78 is 16.4. The number of rotatable bonds is 5. The molecule has 112 valence electrons. The first-order valence-corrected chi connectivity index (χ1v) is 6.73. The van der Waals surface area contributed by atoms with Crippen LogP contribution in [0.2, 0.25) is 0 Å². The van der Waals surface area contributed by atoms with Crippen molar-refractivity contribution in [2.24, 2.45) is 0 Å². The smallest absolute Gasteiger partial charge is 0.230 e. The molecule has 0 unspecified atom stereocenters. The molecule has 0 saturated heterocycles. The Balaban J connectivity index is 2.40. The van der Waals surface area contributed by atoms with E-state index in [1.165, 1.54) is 0 Å². The summed E-state index contributed by atoms with van der Waals surface area (Å²) in [5.74, 6) is 2.29. The van der Waals surface area contributed by atoms with Crippen LogP contribution < -0.4 is 25.3 Å². The maximum atomic E-state index is 5.68. The van der Waals surface area contributed by atoms with Crippen molar-refractivity contribution in [2.45, 2.75) is 0 Å². The Kier molecular flexibility index (Phi) is 4.69. The van der Waals surface area contributed by atoms with Gasteiger partial charge in [0.2, 0.25) is 11.7 Å². The number of aromatic nitrogens is 2. The van der Waals surface area contributed by atoms with Gasteiger partial charge >= 0.3 is 0 Å². The van der Waals surface area contributed by atoms with E-state index >= 15 is 0 Å². The van der Waals surface area contributed by atoms with Gasteiger partial charge in [0, 0.05) is 23.9 Å². The lowest BCUT2D eigenvalue weighted by Gasteiger charge is -2.14. The van der Waals surface area contributed by atoms with Crippen LogP contribution in [-0.2, 0) is 0 Å². The second-order valence-electron chi connectivity index (χ2n) is 3.98. The van der Waals surface area contributed by atoms with E-state index < -0.39 is 0 Å². The zero-order chi connectivity index (χ0) is 15.4. The van der Waals surface area contributed by atoms with E-state index in [4.69, 9.17) is 19.9 Å². The molecule has 0 aliphatic rings. The summed E-state index contributed by atoms with van der Waals surface area (Å²) in [5, 5.41) is 3.04. The molecule has 8 heteroatoms. The Morgan fingerprint density at radius 1 is 1.00 bits per heavy atom. The monoisotopic (exact) mass is 354 g/mol. The van der Waals surface area contributed by atoms with Crippen LogP contribution in [0.4, 0.5) is 17.5 Å². The standard InChI is InChI=1S/C13H15BrN4O3/c1-19-8-4-7(5-9(20-2)12(8)21-3)16-13-17-10(14)6-11(15)18-13/h4-6H,1-3H3,(H3,15,16,17,18). The lowest BCUT2D eigenvalue weighted by Crippen LogP contribution is -2.02. The van der Waals surface area contributed by atoms with E-state index in [1.54, 1.807) is 39.5 Å². The van der Waals surface area contributed by atoms with Crippen LogP contribution in [0.25, 0.3) is 0 Å². The molecular formula is C13H15BrN4O3. The minimum absolute atomic E-state index is 0.354. The molecule has 0 fully saturated rings. The number of anilines is 3. The third-order valence-corrected chi connectivity index (χ3v) is 3.04. The Labute approximate surface area is 130 Å². The largest absolute Gasteiger partial charge is 0.493 e. The molecule has 1 heterocycles. The third-order valence-electron chi connectivity index (χ3n) is 2.64. The average molecular weight is 355 g/mol. The van der Waals surface area contributed by atoms with Gasteiger partial charge in [0.1, 0.15) is 10.4 Å². The van der Waals surface area contributed by atoms with Gasteiger partial charge in [-0.2, -0.15) is 4.98 Å². The number of hydrogen-bond acceptors (Lipinski definition) is 7. The van der Waals surface area contributed by atoms with Crippen molar-refractivity contribution < 1.29 is 14.2 Å². The predicted octanol–water partition coefficient (Wildman–Crippen LogP) is 2.59. The van der Waals surface area contributed by atoms with E-state index in [-0.39, 0.29) is 0 Å². The predicted molar refractivity (Wildman–Crippen MR) is 83.5 cm³/mol. The van der Waals surface area contributed by atoms with E-state index in [1.807, 2.05) is 0 Å². The fourth-order valence-electron chi connectivity index (χ4n) is 1.77. The summed E-state index contributed by atoms with van der Waals surface area (Å²) in [6.45, 7) is 0. The topological polar surface area (TPSA) is 91.5 Å². The van der Waals surface area contributed by atoms with Crippen LogP contribution in [0, 0.1) is 0 Å². The highest BCUT2D eigenvalue weighted by Gasteiger charge is 2.14. The first kappa shape index (κ1) is 15.2. The molecule has 0 spiro atoms. The highest BCUT2D eigenvalue weighted by Crippen LogP contribution is 2.40. The summed E-state index contributed by atoms with van der Waals surface area (Å²) in [7, 11) is 4.65. The molecule has 0 radical (unpaired) electrons. The molecule has 0 amide bonds. The van der Waals surface area contributed by atoms with Crippen LogP contribution in [-0.4, -0.2) is 31.3 Å². The number of ether oxygens (including phenoxy) is 3. The Hall–Kier alpha value is -2.22. The maximum Gasteiger partial charge on any atom is 0.230 e. The normalized spacial score (nSPS) is 10.1. The lowest BCUT2D eigenvalue weighted by molar-refractivity contribution is 0.324. The van der Waals surface area contributed by atoms with Crippen LogP contribution in [0.3, 0.4) is 0 Å². The van der Waals surface area contributed by atoms with Gasteiger partial charge in [0.05, 0.1) is 21.3 Å². The van der Waals surface area contributed by atoms with Gasteiger partial charge in [0.15, 0.2) is 11.5 Å². The molecular weight excluding hydrogens is 340 g/mol. The molecule has 0 aliphatic carbocycles. The van der Waals surface area contributed by atoms with Crippen LogP contribution in [0.5, 0.6) is 17.2 Å². The maximum absolute atomic E-state index is 5.68. The average Bonchev–Trinajstić information content (AvgIpc) is 2.45. The van der Waals surface area contributed by atoms with Crippen molar-refractivity contribution in [3.05, 3.63) is 22.8 Å². The van der Waals surface area contributed by atoms with Crippen LogP contribution >= 0.6 is 15.9 Å².